The quantitative estimate of drug-likeness (QED) is 0.641. The largest absolute Gasteiger partial charge is 0.376 e. The van der Waals surface area contributed by atoms with Crippen LogP contribution in [0.25, 0.3) is 0 Å². The summed E-state index contributed by atoms with van der Waals surface area (Å²) >= 11 is 5.99. The van der Waals surface area contributed by atoms with Crippen LogP contribution in [0, 0.1) is 5.82 Å². The lowest BCUT2D eigenvalue weighted by Crippen LogP contribution is -2.50. The fraction of sp³-hybridized carbons (Fsp3) is 0.500. The molecule has 1 aliphatic heterocycles. The third-order valence-corrected chi connectivity index (χ3v) is 3.34. The maximum absolute atomic E-state index is 13.7. The molecule has 1 aromatic rings. The van der Waals surface area contributed by atoms with E-state index in [2.05, 4.69) is 5.43 Å². The van der Waals surface area contributed by atoms with E-state index in [0.29, 0.717) is 36.8 Å². The molecular weight excluding hydrogens is 259 g/mol. The smallest absolute Gasteiger partial charge is 0.127 e. The molecule has 0 aliphatic carbocycles. The molecule has 2 unspecified atom stereocenters. The molecule has 3 N–H and O–H groups in total. The van der Waals surface area contributed by atoms with Crippen molar-refractivity contribution in [2.24, 2.45) is 5.84 Å². The van der Waals surface area contributed by atoms with Gasteiger partial charge in [0.25, 0.3) is 0 Å². The van der Waals surface area contributed by atoms with Gasteiger partial charge in [-0.05, 0) is 18.6 Å². The fourth-order valence-electron chi connectivity index (χ4n) is 1.98. The van der Waals surface area contributed by atoms with Gasteiger partial charge in [-0.3, -0.25) is 11.3 Å². The Morgan fingerprint density at radius 3 is 2.94 bits per heavy atom. The van der Waals surface area contributed by atoms with Crippen LogP contribution < -0.4 is 11.3 Å². The summed E-state index contributed by atoms with van der Waals surface area (Å²) in [5.41, 5.74) is 3.09. The van der Waals surface area contributed by atoms with Crippen molar-refractivity contribution in [2.75, 3.05) is 19.8 Å². The molecule has 6 heteroatoms. The normalized spacial score (nSPS) is 21.8. The van der Waals surface area contributed by atoms with Gasteiger partial charge in [0, 0.05) is 10.6 Å². The van der Waals surface area contributed by atoms with Gasteiger partial charge in [-0.25, -0.2) is 4.39 Å². The molecule has 0 radical (unpaired) electrons. The second kappa shape index (κ2) is 6.45. The van der Waals surface area contributed by atoms with E-state index in [1.807, 2.05) is 0 Å². The van der Waals surface area contributed by atoms with Gasteiger partial charge in [0.05, 0.1) is 32.0 Å². The van der Waals surface area contributed by atoms with Gasteiger partial charge >= 0.3 is 0 Å². The number of benzene rings is 1. The highest BCUT2D eigenvalue weighted by Crippen LogP contribution is 2.22. The summed E-state index contributed by atoms with van der Waals surface area (Å²) in [5, 5.41) is 0.395. The number of ether oxygens (including phenoxy) is 2. The summed E-state index contributed by atoms with van der Waals surface area (Å²) in [7, 11) is 0. The van der Waals surface area contributed by atoms with E-state index < -0.39 is 0 Å². The molecule has 100 valence electrons. The van der Waals surface area contributed by atoms with Gasteiger partial charge in [-0.15, -0.1) is 0 Å². The SMILES string of the molecule is NNC(Cc1c(F)cccc1Cl)C1COCCO1. The molecule has 1 fully saturated rings. The Bertz CT molecular complexity index is 379. The number of nitrogens with one attached hydrogen (secondary N) is 1. The summed E-state index contributed by atoms with van der Waals surface area (Å²) in [5.74, 6) is 5.17. The highest BCUT2D eigenvalue weighted by atomic mass is 35.5. The van der Waals surface area contributed by atoms with E-state index in [0.717, 1.165) is 0 Å². The lowest BCUT2D eigenvalue weighted by Gasteiger charge is -2.30. The summed E-state index contributed by atoms with van der Waals surface area (Å²) in [6.45, 7) is 1.54. The van der Waals surface area contributed by atoms with Gasteiger partial charge in [0.15, 0.2) is 0 Å². The van der Waals surface area contributed by atoms with Gasteiger partial charge in [0.1, 0.15) is 5.82 Å². The average Bonchev–Trinajstić information content (AvgIpc) is 2.40. The first kappa shape index (κ1) is 13.7. The molecule has 0 aromatic heterocycles. The van der Waals surface area contributed by atoms with Gasteiger partial charge in [-0.1, -0.05) is 17.7 Å². The Balaban J connectivity index is 2.09. The molecule has 4 nitrogen and oxygen atoms in total. The monoisotopic (exact) mass is 274 g/mol. The van der Waals surface area contributed by atoms with Crippen molar-refractivity contribution < 1.29 is 13.9 Å². The van der Waals surface area contributed by atoms with Gasteiger partial charge in [-0.2, -0.15) is 0 Å². The van der Waals surface area contributed by atoms with Crippen molar-refractivity contribution in [1.29, 1.82) is 0 Å². The minimum Gasteiger partial charge on any atom is -0.376 e. The summed E-state index contributed by atoms with van der Waals surface area (Å²) in [6.07, 6.45) is 0.162. The topological polar surface area (TPSA) is 56.5 Å². The molecule has 0 spiro atoms. The van der Waals surface area contributed by atoms with Gasteiger partial charge < -0.3 is 9.47 Å². The zero-order valence-electron chi connectivity index (χ0n) is 9.86. The lowest BCUT2D eigenvalue weighted by atomic mass is 10.0. The van der Waals surface area contributed by atoms with Crippen LogP contribution in [0.3, 0.4) is 0 Å². The lowest BCUT2D eigenvalue weighted by molar-refractivity contribution is -0.101. The number of hydrogen-bond donors (Lipinski definition) is 2. The number of halogens is 2. The second-order valence-electron chi connectivity index (χ2n) is 4.16. The zero-order chi connectivity index (χ0) is 13.0. The Kier molecular flexibility index (Phi) is 4.91. The summed E-state index contributed by atoms with van der Waals surface area (Å²) < 4.78 is 24.6. The van der Waals surface area contributed by atoms with E-state index in [4.69, 9.17) is 26.9 Å². The van der Waals surface area contributed by atoms with Crippen molar-refractivity contribution in [1.82, 2.24) is 5.43 Å². The molecule has 2 atom stereocenters. The molecule has 18 heavy (non-hydrogen) atoms. The maximum Gasteiger partial charge on any atom is 0.127 e. The van der Waals surface area contributed by atoms with E-state index >= 15 is 0 Å². The third kappa shape index (κ3) is 3.18. The van der Waals surface area contributed by atoms with Crippen molar-refractivity contribution in [3.8, 4) is 0 Å². The Hall–Kier alpha value is -0.720. The minimum absolute atomic E-state index is 0.195. The Morgan fingerprint density at radius 1 is 1.50 bits per heavy atom. The summed E-state index contributed by atoms with van der Waals surface area (Å²) in [4.78, 5) is 0. The minimum atomic E-state index is -0.334. The van der Waals surface area contributed by atoms with E-state index in [-0.39, 0.29) is 18.0 Å². The van der Waals surface area contributed by atoms with E-state index in [1.165, 1.54) is 6.07 Å². The second-order valence-corrected chi connectivity index (χ2v) is 4.57. The Labute approximate surface area is 110 Å². The number of rotatable bonds is 4. The van der Waals surface area contributed by atoms with Crippen LogP contribution in [0.4, 0.5) is 4.39 Å². The van der Waals surface area contributed by atoms with Crippen LogP contribution in [0.5, 0.6) is 0 Å². The first-order chi connectivity index (χ1) is 8.72. The van der Waals surface area contributed by atoms with Crippen molar-refractivity contribution in [2.45, 2.75) is 18.6 Å². The molecule has 1 aliphatic rings. The number of hydrogen-bond acceptors (Lipinski definition) is 4. The maximum atomic E-state index is 13.7. The van der Waals surface area contributed by atoms with E-state index in [9.17, 15) is 4.39 Å². The van der Waals surface area contributed by atoms with Crippen LogP contribution in [0.2, 0.25) is 5.02 Å². The van der Waals surface area contributed by atoms with Crippen molar-refractivity contribution in [3.05, 3.63) is 34.6 Å². The first-order valence-corrected chi connectivity index (χ1v) is 6.18. The fourth-order valence-corrected chi connectivity index (χ4v) is 2.22. The number of hydrazine groups is 1. The van der Waals surface area contributed by atoms with Crippen LogP contribution in [-0.2, 0) is 15.9 Å². The molecular formula is C12H16ClFN2O2. The molecule has 1 aromatic carbocycles. The molecule has 2 rings (SSSR count). The standard InChI is InChI=1S/C12H16ClFN2O2/c13-9-2-1-3-10(14)8(9)6-11(16-15)12-7-17-4-5-18-12/h1-3,11-12,16H,4-7,15H2. The predicted molar refractivity (Wildman–Crippen MR) is 66.8 cm³/mol. The Morgan fingerprint density at radius 2 is 2.33 bits per heavy atom. The van der Waals surface area contributed by atoms with Crippen LogP contribution >= 0.6 is 11.6 Å². The average molecular weight is 275 g/mol. The van der Waals surface area contributed by atoms with E-state index in [1.54, 1.807) is 12.1 Å². The molecule has 0 bridgehead atoms. The van der Waals surface area contributed by atoms with Crippen molar-refractivity contribution in [3.63, 3.8) is 0 Å². The summed E-state index contributed by atoms with van der Waals surface area (Å²) in [6, 6.07) is 4.38. The third-order valence-electron chi connectivity index (χ3n) is 2.99. The van der Waals surface area contributed by atoms with Crippen LogP contribution in [0.1, 0.15) is 5.56 Å². The molecule has 0 saturated carbocycles. The molecule has 1 heterocycles. The first-order valence-electron chi connectivity index (χ1n) is 5.80. The van der Waals surface area contributed by atoms with Gasteiger partial charge in [0.2, 0.25) is 0 Å². The number of nitrogens with two attached hydrogens (primary N) is 1. The predicted octanol–water partition coefficient (Wildman–Crippen LogP) is 1.27. The van der Waals surface area contributed by atoms with Crippen LogP contribution in [0.15, 0.2) is 18.2 Å². The molecule has 0 amide bonds. The highest BCUT2D eigenvalue weighted by Gasteiger charge is 2.26. The highest BCUT2D eigenvalue weighted by molar-refractivity contribution is 6.31. The zero-order valence-corrected chi connectivity index (χ0v) is 10.6. The van der Waals surface area contributed by atoms with Crippen molar-refractivity contribution >= 4 is 11.6 Å². The van der Waals surface area contributed by atoms with Crippen LogP contribution in [-0.4, -0.2) is 32.0 Å². The molecule has 1 saturated heterocycles.